The van der Waals surface area contributed by atoms with Crippen molar-refractivity contribution >= 4 is 44.8 Å². The van der Waals surface area contributed by atoms with E-state index < -0.39 is 6.10 Å². The molecule has 182 valence electrons. The molecule has 1 aromatic heterocycles. The number of ether oxygens (including phenoxy) is 1. The van der Waals surface area contributed by atoms with Gasteiger partial charge >= 0.3 is 5.97 Å². The Bertz CT molecular complexity index is 1080. The second kappa shape index (κ2) is 13.1. The number of hydrogen-bond donors (Lipinski definition) is 2. The zero-order chi connectivity index (χ0) is 24.5. The number of thiophene rings is 1. The average molecular weight is 503 g/mol. The molecule has 4 atom stereocenters. The Hall–Kier alpha value is -2.17. The van der Waals surface area contributed by atoms with Crippen LogP contribution in [0.15, 0.2) is 36.4 Å². The first-order valence-electron chi connectivity index (χ1n) is 11.6. The summed E-state index contributed by atoms with van der Waals surface area (Å²) in [4.78, 5) is 24.7. The molecule has 0 bridgehead atoms. The highest BCUT2D eigenvalue weighted by Gasteiger charge is 2.39. The minimum atomic E-state index is -0.665. The van der Waals surface area contributed by atoms with Gasteiger partial charge in [0, 0.05) is 53.2 Å². The number of allylic oxidation sites excluding steroid dienone is 1. The minimum absolute atomic E-state index is 0.0721. The lowest BCUT2D eigenvalue weighted by Crippen LogP contribution is -2.18. The van der Waals surface area contributed by atoms with Crippen molar-refractivity contribution in [1.82, 2.24) is 0 Å². The third-order valence-electron chi connectivity index (χ3n) is 6.30. The fraction of sp³-hybridized carbons (Fsp3) is 0.481. The Balaban J connectivity index is 1.55. The quantitative estimate of drug-likeness (QED) is 0.208. The zero-order valence-electron chi connectivity index (χ0n) is 19.3. The molecule has 2 N–H and O–H groups in total. The number of benzene rings is 1. The molecule has 0 aliphatic heterocycles. The number of rotatable bonds is 10. The second-order valence-electron chi connectivity index (χ2n) is 8.61. The van der Waals surface area contributed by atoms with Crippen molar-refractivity contribution in [2.45, 2.75) is 51.0 Å². The van der Waals surface area contributed by atoms with E-state index >= 15 is 0 Å². The Kier molecular flexibility index (Phi) is 10.2. The third-order valence-corrected chi connectivity index (χ3v) is 8.08. The second-order valence-corrected chi connectivity index (χ2v) is 10.1. The molecular formula is C27H31ClO5S. The maximum Gasteiger partial charge on any atom is 0.305 e. The summed E-state index contributed by atoms with van der Waals surface area (Å²) < 4.78 is 5.75. The smallest absolute Gasteiger partial charge is 0.305 e. The van der Waals surface area contributed by atoms with Crippen LogP contribution < -0.4 is 0 Å². The van der Waals surface area contributed by atoms with Crippen LogP contribution in [0.2, 0.25) is 5.02 Å². The fourth-order valence-corrected chi connectivity index (χ4v) is 5.91. The number of aliphatic hydroxyl groups excluding tert-OH is 2. The Labute approximate surface area is 209 Å². The Morgan fingerprint density at radius 3 is 2.88 bits per heavy atom. The molecule has 1 fully saturated rings. The van der Waals surface area contributed by atoms with Crippen LogP contribution >= 0.6 is 22.9 Å². The Morgan fingerprint density at radius 2 is 2.15 bits per heavy atom. The zero-order valence-corrected chi connectivity index (χ0v) is 20.9. The number of carbonyl (C=O) groups is 2. The number of unbranched alkanes of at least 4 members (excludes halogenated alkanes) is 1. The van der Waals surface area contributed by atoms with Crippen LogP contribution in [0.3, 0.4) is 0 Å². The van der Waals surface area contributed by atoms with Gasteiger partial charge in [0.1, 0.15) is 5.78 Å². The maximum absolute atomic E-state index is 12.5. The first kappa shape index (κ1) is 26.4. The first-order chi connectivity index (χ1) is 16.4. The molecule has 0 saturated heterocycles. The summed E-state index contributed by atoms with van der Waals surface area (Å²) in [7, 11) is 1.36. The van der Waals surface area contributed by atoms with E-state index in [4.69, 9.17) is 11.6 Å². The summed E-state index contributed by atoms with van der Waals surface area (Å²) in [6.07, 6.45) is 6.41. The molecule has 1 aliphatic carbocycles. The SMILES string of the molecule is COC(=O)CCCC#CC[C@H]1C(=O)C[C@@H](CO)C1/C=C/C(O)CCc1sc2ccccc2c1Cl. The monoisotopic (exact) mass is 502 g/mol. The lowest BCUT2D eigenvalue weighted by Gasteiger charge is -2.18. The minimum Gasteiger partial charge on any atom is -0.469 e. The summed E-state index contributed by atoms with van der Waals surface area (Å²) >= 11 is 8.15. The number of aliphatic hydroxyl groups is 2. The molecule has 1 aliphatic rings. The van der Waals surface area contributed by atoms with E-state index in [1.54, 1.807) is 17.4 Å². The number of aryl methyl sites for hydroxylation is 1. The molecule has 0 spiro atoms. The lowest BCUT2D eigenvalue weighted by atomic mass is 9.86. The van der Waals surface area contributed by atoms with E-state index in [1.165, 1.54) is 7.11 Å². The molecule has 2 unspecified atom stereocenters. The number of esters is 1. The summed E-state index contributed by atoms with van der Waals surface area (Å²) in [5.74, 6) is 5.35. The van der Waals surface area contributed by atoms with Crippen LogP contribution in [0.4, 0.5) is 0 Å². The van der Waals surface area contributed by atoms with E-state index in [1.807, 2.05) is 30.3 Å². The number of fused-ring (bicyclic) bond motifs is 1. The van der Waals surface area contributed by atoms with Crippen LogP contribution in [-0.2, 0) is 20.7 Å². The molecule has 1 aromatic carbocycles. The van der Waals surface area contributed by atoms with Gasteiger partial charge in [-0.2, -0.15) is 0 Å². The predicted octanol–water partition coefficient (Wildman–Crippen LogP) is 4.95. The van der Waals surface area contributed by atoms with Crippen molar-refractivity contribution in [2.75, 3.05) is 13.7 Å². The summed E-state index contributed by atoms with van der Waals surface area (Å²) in [5.41, 5.74) is 0. The molecule has 0 amide bonds. The van der Waals surface area contributed by atoms with E-state index in [-0.39, 0.29) is 36.1 Å². The average Bonchev–Trinajstić information content (AvgIpc) is 3.33. The standard InChI is InChI=1S/C27H31ClO5S/c1-33-26(32)11-5-3-2-4-8-21-20(18(17-29)16-23(21)31)14-12-19(30)13-15-25-27(28)22-9-6-7-10-24(22)34-25/h6-7,9-10,12,14,18-21,29-30H,3,5,8,11,13,15-17H2,1H3/b14-12+/t18-,19?,20?,21+/m0/s1. The lowest BCUT2D eigenvalue weighted by molar-refractivity contribution is -0.140. The van der Waals surface area contributed by atoms with Crippen molar-refractivity contribution in [3.8, 4) is 11.8 Å². The van der Waals surface area contributed by atoms with Gasteiger partial charge in [-0.1, -0.05) is 42.0 Å². The van der Waals surface area contributed by atoms with Gasteiger partial charge in [0.15, 0.2) is 0 Å². The van der Waals surface area contributed by atoms with Crippen molar-refractivity contribution in [3.05, 3.63) is 46.3 Å². The van der Waals surface area contributed by atoms with Crippen molar-refractivity contribution < 1.29 is 24.5 Å². The van der Waals surface area contributed by atoms with Crippen molar-refractivity contribution in [2.24, 2.45) is 17.8 Å². The van der Waals surface area contributed by atoms with E-state index in [9.17, 15) is 19.8 Å². The van der Waals surface area contributed by atoms with Gasteiger partial charge in [-0.25, -0.2) is 0 Å². The third kappa shape index (κ3) is 6.93. The molecule has 3 rings (SSSR count). The maximum atomic E-state index is 12.5. The number of Topliss-reactive ketones (excluding diaryl/α,β-unsaturated/α-hetero) is 1. The molecule has 1 saturated carbocycles. The van der Waals surface area contributed by atoms with Crippen LogP contribution in [0, 0.1) is 29.6 Å². The molecular weight excluding hydrogens is 472 g/mol. The number of methoxy groups -OCH3 is 1. The number of carbonyl (C=O) groups excluding carboxylic acids is 2. The van der Waals surface area contributed by atoms with Gasteiger partial charge in [-0.15, -0.1) is 23.2 Å². The molecule has 34 heavy (non-hydrogen) atoms. The Morgan fingerprint density at radius 1 is 1.35 bits per heavy atom. The van der Waals surface area contributed by atoms with Crippen molar-refractivity contribution in [3.63, 3.8) is 0 Å². The molecule has 2 aromatic rings. The van der Waals surface area contributed by atoms with Gasteiger partial charge in [0.05, 0.1) is 18.2 Å². The largest absolute Gasteiger partial charge is 0.469 e. The molecule has 0 radical (unpaired) electrons. The highest BCUT2D eigenvalue weighted by atomic mass is 35.5. The molecule has 1 heterocycles. The predicted molar refractivity (Wildman–Crippen MR) is 136 cm³/mol. The van der Waals surface area contributed by atoms with Gasteiger partial charge in [-0.05, 0) is 37.2 Å². The van der Waals surface area contributed by atoms with Crippen LogP contribution in [0.25, 0.3) is 10.1 Å². The summed E-state index contributed by atoms with van der Waals surface area (Å²) in [6, 6.07) is 7.99. The van der Waals surface area contributed by atoms with E-state index in [2.05, 4.69) is 16.6 Å². The number of hydrogen-bond acceptors (Lipinski definition) is 6. The van der Waals surface area contributed by atoms with Gasteiger partial charge < -0.3 is 14.9 Å². The van der Waals surface area contributed by atoms with Gasteiger partial charge in [0.25, 0.3) is 0 Å². The molecule has 7 heteroatoms. The van der Waals surface area contributed by atoms with Crippen LogP contribution in [0.1, 0.15) is 43.4 Å². The first-order valence-corrected chi connectivity index (χ1v) is 12.8. The van der Waals surface area contributed by atoms with E-state index in [0.29, 0.717) is 44.9 Å². The fourth-order valence-electron chi connectivity index (χ4n) is 4.37. The van der Waals surface area contributed by atoms with Crippen LogP contribution in [0.5, 0.6) is 0 Å². The van der Waals surface area contributed by atoms with Crippen molar-refractivity contribution in [1.29, 1.82) is 0 Å². The van der Waals surface area contributed by atoms with Gasteiger partial charge in [-0.3, -0.25) is 9.59 Å². The van der Waals surface area contributed by atoms with Gasteiger partial charge in [0.2, 0.25) is 0 Å². The molecule has 5 nitrogen and oxygen atoms in total. The van der Waals surface area contributed by atoms with Crippen LogP contribution in [-0.4, -0.2) is 41.8 Å². The normalized spacial score (nSPS) is 21.1. The highest BCUT2D eigenvalue weighted by Crippen LogP contribution is 2.38. The summed E-state index contributed by atoms with van der Waals surface area (Å²) in [5, 5.41) is 22.1. The summed E-state index contributed by atoms with van der Waals surface area (Å²) in [6.45, 7) is -0.0721. The topological polar surface area (TPSA) is 83.8 Å². The number of ketones is 1. The highest BCUT2D eigenvalue weighted by molar-refractivity contribution is 7.19. The van der Waals surface area contributed by atoms with E-state index in [0.717, 1.165) is 20.0 Å². The number of halogens is 1.